The summed E-state index contributed by atoms with van der Waals surface area (Å²) in [5, 5.41) is 11.2. The number of thiophene rings is 1. The number of aliphatic carboxylic acids is 1. The number of rotatable bonds is 4. The van der Waals surface area contributed by atoms with Crippen molar-refractivity contribution in [1.82, 2.24) is 0 Å². The SMILES string of the molecule is CC(C(=O)O)c1ccc(N2Cc3c(cccc3-c3cccs3)C2=O)cc1. The molecule has 1 aromatic heterocycles. The molecule has 1 atom stereocenters. The van der Waals surface area contributed by atoms with Crippen LogP contribution in [0, 0.1) is 0 Å². The van der Waals surface area contributed by atoms with Crippen LogP contribution in [0.2, 0.25) is 0 Å². The van der Waals surface area contributed by atoms with Crippen molar-refractivity contribution in [3.8, 4) is 10.4 Å². The summed E-state index contributed by atoms with van der Waals surface area (Å²) in [6.45, 7) is 2.18. The monoisotopic (exact) mass is 363 g/mol. The van der Waals surface area contributed by atoms with Crippen molar-refractivity contribution >= 4 is 28.9 Å². The van der Waals surface area contributed by atoms with E-state index in [9.17, 15) is 9.59 Å². The van der Waals surface area contributed by atoms with Crippen molar-refractivity contribution in [1.29, 1.82) is 0 Å². The quantitative estimate of drug-likeness (QED) is 0.727. The van der Waals surface area contributed by atoms with Gasteiger partial charge >= 0.3 is 5.97 Å². The molecule has 5 heteroatoms. The molecule has 0 fully saturated rings. The van der Waals surface area contributed by atoms with Gasteiger partial charge in [0.1, 0.15) is 0 Å². The third-order valence-electron chi connectivity index (χ3n) is 4.83. The molecule has 4 nitrogen and oxygen atoms in total. The molecule has 1 amide bonds. The molecule has 130 valence electrons. The molecule has 0 saturated carbocycles. The second-order valence-electron chi connectivity index (χ2n) is 6.35. The van der Waals surface area contributed by atoms with Crippen LogP contribution in [0.15, 0.2) is 60.0 Å². The molecule has 1 N–H and O–H groups in total. The highest BCUT2D eigenvalue weighted by Gasteiger charge is 2.30. The number of carbonyl (C=O) groups is 2. The van der Waals surface area contributed by atoms with Crippen molar-refractivity contribution in [3.63, 3.8) is 0 Å². The molecule has 4 rings (SSSR count). The van der Waals surface area contributed by atoms with Gasteiger partial charge in [-0.05, 0) is 53.3 Å². The molecule has 1 unspecified atom stereocenters. The molecule has 1 aliphatic heterocycles. The normalized spacial score (nSPS) is 14.3. The second kappa shape index (κ2) is 6.42. The Bertz CT molecular complexity index is 977. The second-order valence-corrected chi connectivity index (χ2v) is 7.30. The highest BCUT2D eigenvalue weighted by molar-refractivity contribution is 7.13. The maximum atomic E-state index is 12.9. The maximum absolute atomic E-state index is 12.9. The van der Waals surface area contributed by atoms with Gasteiger partial charge in [-0.25, -0.2) is 0 Å². The highest BCUT2D eigenvalue weighted by atomic mass is 32.1. The first-order chi connectivity index (χ1) is 12.6. The molecule has 0 spiro atoms. The Morgan fingerprint density at radius 1 is 1.08 bits per heavy atom. The Hall–Kier alpha value is -2.92. The standard InChI is InChI=1S/C21H17NO3S/c1-13(21(24)25)14-7-9-15(10-8-14)22-12-18-16(19-6-3-11-26-19)4-2-5-17(18)20(22)23/h2-11,13H,12H2,1H3,(H,24,25). The first-order valence-electron chi connectivity index (χ1n) is 8.36. The molecule has 2 aromatic carbocycles. The number of carbonyl (C=O) groups excluding carboxylic acids is 1. The molecule has 0 bridgehead atoms. The number of nitrogens with zero attached hydrogens (tertiary/aromatic N) is 1. The van der Waals surface area contributed by atoms with Gasteiger partial charge in [0, 0.05) is 16.1 Å². The first kappa shape index (κ1) is 16.5. The largest absolute Gasteiger partial charge is 0.481 e. The van der Waals surface area contributed by atoms with Crippen molar-refractivity contribution in [2.45, 2.75) is 19.4 Å². The number of carboxylic acids is 1. The van der Waals surface area contributed by atoms with Gasteiger partial charge in [0.25, 0.3) is 5.91 Å². The molecule has 0 aliphatic carbocycles. The van der Waals surface area contributed by atoms with Crippen molar-refractivity contribution in [3.05, 3.63) is 76.7 Å². The lowest BCUT2D eigenvalue weighted by atomic mass is 10.0. The average Bonchev–Trinajstić information content (AvgIpc) is 3.30. The van der Waals surface area contributed by atoms with Gasteiger partial charge < -0.3 is 10.0 Å². The average molecular weight is 363 g/mol. The summed E-state index contributed by atoms with van der Waals surface area (Å²) in [4.78, 5) is 26.9. The van der Waals surface area contributed by atoms with Crippen LogP contribution in [-0.2, 0) is 11.3 Å². The van der Waals surface area contributed by atoms with Crippen LogP contribution in [0.5, 0.6) is 0 Å². The van der Waals surface area contributed by atoms with Crippen molar-refractivity contribution in [2.24, 2.45) is 0 Å². The number of benzene rings is 2. The minimum atomic E-state index is -0.858. The Morgan fingerprint density at radius 2 is 1.81 bits per heavy atom. The van der Waals surface area contributed by atoms with Crippen molar-refractivity contribution < 1.29 is 14.7 Å². The van der Waals surface area contributed by atoms with Gasteiger partial charge in [-0.3, -0.25) is 9.59 Å². The van der Waals surface area contributed by atoms with Gasteiger partial charge in [0.05, 0.1) is 12.5 Å². The Morgan fingerprint density at radius 3 is 2.46 bits per heavy atom. The zero-order valence-electron chi connectivity index (χ0n) is 14.2. The van der Waals surface area contributed by atoms with E-state index in [0.29, 0.717) is 6.54 Å². The van der Waals surface area contributed by atoms with Gasteiger partial charge in [0.2, 0.25) is 0 Å². The minimum Gasteiger partial charge on any atom is -0.481 e. The number of anilines is 1. The summed E-state index contributed by atoms with van der Waals surface area (Å²) in [6, 6.07) is 17.1. The van der Waals surface area contributed by atoms with Gasteiger partial charge in [-0.1, -0.05) is 30.3 Å². The van der Waals surface area contributed by atoms with Crippen LogP contribution >= 0.6 is 11.3 Å². The minimum absolute atomic E-state index is 0.0163. The number of hydrogen-bond donors (Lipinski definition) is 1. The summed E-state index contributed by atoms with van der Waals surface area (Å²) < 4.78 is 0. The summed E-state index contributed by atoms with van der Waals surface area (Å²) >= 11 is 1.66. The van der Waals surface area contributed by atoms with Crippen LogP contribution in [0.3, 0.4) is 0 Å². The molecular formula is C21H17NO3S. The van der Waals surface area contributed by atoms with E-state index in [1.807, 2.05) is 35.7 Å². The van der Waals surface area contributed by atoms with E-state index < -0.39 is 11.9 Å². The molecular weight excluding hydrogens is 346 g/mol. The summed E-state index contributed by atoms with van der Waals surface area (Å²) in [5.41, 5.74) is 4.39. The fraction of sp³-hybridized carbons (Fsp3) is 0.143. The zero-order chi connectivity index (χ0) is 18.3. The predicted molar refractivity (Wildman–Crippen MR) is 103 cm³/mol. The fourth-order valence-electron chi connectivity index (χ4n) is 3.29. The maximum Gasteiger partial charge on any atom is 0.310 e. The Balaban J connectivity index is 1.67. The smallest absolute Gasteiger partial charge is 0.310 e. The zero-order valence-corrected chi connectivity index (χ0v) is 15.0. The number of fused-ring (bicyclic) bond motifs is 1. The van der Waals surface area contributed by atoms with E-state index in [4.69, 9.17) is 5.11 Å². The topological polar surface area (TPSA) is 57.6 Å². The fourth-order valence-corrected chi connectivity index (χ4v) is 4.07. The number of amides is 1. The van der Waals surface area contributed by atoms with Crippen LogP contribution in [0.1, 0.15) is 34.3 Å². The van der Waals surface area contributed by atoms with E-state index >= 15 is 0 Å². The lowest BCUT2D eigenvalue weighted by Gasteiger charge is -2.17. The molecule has 1 aliphatic rings. The molecule has 3 aromatic rings. The highest BCUT2D eigenvalue weighted by Crippen LogP contribution is 2.37. The molecule has 0 saturated heterocycles. The van der Waals surface area contributed by atoms with E-state index in [0.717, 1.165) is 32.8 Å². The lowest BCUT2D eigenvalue weighted by molar-refractivity contribution is -0.138. The van der Waals surface area contributed by atoms with Crippen LogP contribution in [0.25, 0.3) is 10.4 Å². The van der Waals surface area contributed by atoms with E-state index in [-0.39, 0.29) is 5.91 Å². The third kappa shape index (κ3) is 2.70. The van der Waals surface area contributed by atoms with E-state index in [1.165, 1.54) is 0 Å². The summed E-state index contributed by atoms with van der Waals surface area (Å²) in [6.07, 6.45) is 0. The van der Waals surface area contributed by atoms with Gasteiger partial charge in [0.15, 0.2) is 0 Å². The number of carboxylic acid groups (broad SMARTS) is 1. The molecule has 26 heavy (non-hydrogen) atoms. The lowest BCUT2D eigenvalue weighted by Crippen LogP contribution is -2.23. The molecule has 2 heterocycles. The van der Waals surface area contributed by atoms with Gasteiger partial charge in [-0.15, -0.1) is 11.3 Å². The van der Waals surface area contributed by atoms with Crippen LogP contribution in [0.4, 0.5) is 5.69 Å². The Kier molecular flexibility index (Phi) is 4.09. The molecule has 0 radical (unpaired) electrons. The van der Waals surface area contributed by atoms with Crippen LogP contribution < -0.4 is 4.90 Å². The number of hydrogen-bond acceptors (Lipinski definition) is 3. The predicted octanol–water partition coefficient (Wildman–Crippen LogP) is 4.76. The van der Waals surface area contributed by atoms with Gasteiger partial charge in [-0.2, -0.15) is 0 Å². The van der Waals surface area contributed by atoms with Crippen molar-refractivity contribution in [2.75, 3.05) is 4.90 Å². The summed E-state index contributed by atoms with van der Waals surface area (Å²) in [7, 11) is 0. The Labute approximate surface area is 155 Å². The third-order valence-corrected chi connectivity index (χ3v) is 5.73. The van der Waals surface area contributed by atoms with E-state index in [2.05, 4.69) is 12.1 Å². The van der Waals surface area contributed by atoms with E-state index in [1.54, 1.807) is 35.3 Å². The summed E-state index contributed by atoms with van der Waals surface area (Å²) in [5.74, 6) is -1.44. The van der Waals surface area contributed by atoms with Crippen LogP contribution in [-0.4, -0.2) is 17.0 Å². The first-order valence-corrected chi connectivity index (χ1v) is 9.24.